The summed E-state index contributed by atoms with van der Waals surface area (Å²) in [7, 11) is 0. The molecule has 2 heterocycles. The van der Waals surface area contributed by atoms with E-state index in [9.17, 15) is 4.79 Å². The predicted octanol–water partition coefficient (Wildman–Crippen LogP) is 2.89. The number of hydrogen-bond donors (Lipinski definition) is 1. The first kappa shape index (κ1) is 13.3. The summed E-state index contributed by atoms with van der Waals surface area (Å²) in [4.78, 5) is 20.9. The van der Waals surface area contributed by atoms with E-state index < -0.39 is 5.69 Å². The molecule has 1 fully saturated rings. The van der Waals surface area contributed by atoms with Gasteiger partial charge in [0.15, 0.2) is 5.65 Å². The zero-order chi connectivity index (χ0) is 15.3. The van der Waals surface area contributed by atoms with Crippen LogP contribution in [0.4, 0.5) is 5.82 Å². The molecule has 6 heteroatoms. The molecule has 0 bridgehead atoms. The van der Waals surface area contributed by atoms with Gasteiger partial charge in [-0.25, -0.2) is 14.3 Å². The summed E-state index contributed by atoms with van der Waals surface area (Å²) in [6.07, 6.45) is 2.27. The van der Waals surface area contributed by atoms with Crippen molar-refractivity contribution in [2.24, 2.45) is 0 Å². The van der Waals surface area contributed by atoms with Crippen LogP contribution in [0.2, 0.25) is 5.02 Å². The average molecular weight is 313 g/mol. The van der Waals surface area contributed by atoms with Crippen molar-refractivity contribution in [3.05, 3.63) is 57.6 Å². The van der Waals surface area contributed by atoms with Gasteiger partial charge in [0.2, 0.25) is 0 Å². The van der Waals surface area contributed by atoms with Gasteiger partial charge in [0.1, 0.15) is 5.82 Å². The van der Waals surface area contributed by atoms with Crippen LogP contribution in [-0.4, -0.2) is 14.5 Å². The van der Waals surface area contributed by atoms with Gasteiger partial charge < -0.3 is 5.73 Å². The smallest absolute Gasteiger partial charge is 0.355 e. The normalized spacial score (nSPS) is 14.4. The Hall–Kier alpha value is -2.40. The van der Waals surface area contributed by atoms with E-state index in [0.29, 0.717) is 27.7 Å². The monoisotopic (exact) mass is 312 g/mol. The number of pyridine rings is 1. The quantitative estimate of drug-likeness (QED) is 0.789. The van der Waals surface area contributed by atoms with Crippen molar-refractivity contribution in [3.63, 3.8) is 0 Å². The van der Waals surface area contributed by atoms with Gasteiger partial charge in [0, 0.05) is 11.6 Å². The van der Waals surface area contributed by atoms with E-state index in [1.54, 1.807) is 12.1 Å². The maximum absolute atomic E-state index is 12.4. The fourth-order valence-electron chi connectivity index (χ4n) is 2.59. The molecular weight excluding hydrogens is 300 g/mol. The van der Waals surface area contributed by atoms with Crippen LogP contribution in [0.1, 0.15) is 24.5 Å². The molecule has 22 heavy (non-hydrogen) atoms. The van der Waals surface area contributed by atoms with Crippen LogP contribution < -0.4 is 11.4 Å². The largest absolute Gasteiger partial charge is 0.383 e. The summed E-state index contributed by atoms with van der Waals surface area (Å²) in [6, 6.07) is 11.0. The van der Waals surface area contributed by atoms with Gasteiger partial charge in [-0.3, -0.25) is 0 Å². The van der Waals surface area contributed by atoms with Gasteiger partial charge in [-0.1, -0.05) is 23.7 Å². The lowest BCUT2D eigenvalue weighted by molar-refractivity contribution is 0.927. The molecular formula is C16H13ClN4O. The van der Waals surface area contributed by atoms with Gasteiger partial charge in [-0.2, -0.15) is 4.98 Å². The second-order valence-corrected chi connectivity index (χ2v) is 5.86. The van der Waals surface area contributed by atoms with E-state index in [-0.39, 0.29) is 5.82 Å². The number of aromatic nitrogens is 3. The molecule has 0 saturated heterocycles. The van der Waals surface area contributed by atoms with Crippen LogP contribution >= 0.6 is 11.6 Å². The fourth-order valence-corrected chi connectivity index (χ4v) is 2.81. The standard InChI is InChI=1S/C16H13ClN4O/c17-11-3-1-2-4-13(11)21-15-10(14(18)20-16(21)22)7-8-12(19-15)9-5-6-9/h1-4,7-9H,5-6H2,(H2,18,20,22). The number of nitrogens with two attached hydrogens (primary N) is 1. The third-order valence-electron chi connectivity index (χ3n) is 3.88. The van der Waals surface area contributed by atoms with Gasteiger partial charge in [0.25, 0.3) is 0 Å². The van der Waals surface area contributed by atoms with Gasteiger partial charge in [-0.05, 0) is 37.1 Å². The molecule has 1 aliphatic rings. The third-order valence-corrected chi connectivity index (χ3v) is 4.20. The number of halogens is 1. The molecule has 0 radical (unpaired) electrons. The minimum atomic E-state index is -0.474. The van der Waals surface area contributed by atoms with Crippen LogP contribution in [0.5, 0.6) is 0 Å². The first-order chi connectivity index (χ1) is 10.6. The molecule has 5 nitrogen and oxygen atoms in total. The lowest BCUT2D eigenvalue weighted by Gasteiger charge is -2.12. The molecule has 3 aromatic rings. The molecule has 0 aliphatic heterocycles. The SMILES string of the molecule is Nc1nc(=O)n(-c2ccccc2Cl)c2nc(C3CC3)ccc12. The first-order valence-electron chi connectivity index (χ1n) is 7.09. The van der Waals surface area contributed by atoms with Crippen LogP contribution in [0.15, 0.2) is 41.2 Å². The lowest BCUT2D eigenvalue weighted by atomic mass is 10.2. The van der Waals surface area contributed by atoms with E-state index in [4.69, 9.17) is 17.3 Å². The Labute approximate surface area is 131 Å². The van der Waals surface area contributed by atoms with Gasteiger partial charge in [-0.15, -0.1) is 0 Å². The maximum Gasteiger partial charge on any atom is 0.355 e. The first-order valence-corrected chi connectivity index (χ1v) is 7.47. The van der Waals surface area contributed by atoms with Crippen molar-refractivity contribution in [1.82, 2.24) is 14.5 Å². The number of anilines is 1. The number of rotatable bonds is 2. The predicted molar refractivity (Wildman–Crippen MR) is 86.5 cm³/mol. The van der Waals surface area contributed by atoms with Crippen molar-refractivity contribution < 1.29 is 0 Å². The van der Waals surface area contributed by atoms with Crippen molar-refractivity contribution in [2.45, 2.75) is 18.8 Å². The Bertz CT molecular complexity index is 947. The zero-order valence-electron chi connectivity index (χ0n) is 11.7. The van der Waals surface area contributed by atoms with E-state index in [1.165, 1.54) is 4.57 Å². The topological polar surface area (TPSA) is 73.8 Å². The van der Waals surface area contributed by atoms with Crippen LogP contribution in [0.25, 0.3) is 16.7 Å². The molecule has 2 N–H and O–H groups in total. The van der Waals surface area contributed by atoms with Crippen molar-refractivity contribution in [3.8, 4) is 5.69 Å². The molecule has 1 aliphatic carbocycles. The maximum atomic E-state index is 12.4. The molecule has 4 rings (SSSR count). The summed E-state index contributed by atoms with van der Waals surface area (Å²) in [5.74, 6) is 0.673. The molecule has 1 saturated carbocycles. The molecule has 110 valence electrons. The molecule has 0 spiro atoms. The third kappa shape index (κ3) is 2.05. The minimum Gasteiger partial charge on any atom is -0.383 e. The van der Waals surface area contributed by atoms with Crippen molar-refractivity contribution >= 4 is 28.5 Å². The highest BCUT2D eigenvalue weighted by Crippen LogP contribution is 2.39. The van der Waals surface area contributed by atoms with Crippen LogP contribution in [0, 0.1) is 0 Å². The molecule has 1 aromatic carbocycles. The highest BCUT2D eigenvalue weighted by Gasteiger charge is 2.26. The van der Waals surface area contributed by atoms with E-state index >= 15 is 0 Å². The Morgan fingerprint density at radius 1 is 1.14 bits per heavy atom. The molecule has 0 atom stereocenters. The Balaban J connectivity index is 2.10. The average Bonchev–Trinajstić information content (AvgIpc) is 3.33. The summed E-state index contributed by atoms with van der Waals surface area (Å²) in [5.41, 5.74) is 7.47. The number of nitrogen functional groups attached to an aromatic ring is 1. The summed E-state index contributed by atoms with van der Waals surface area (Å²) in [5, 5.41) is 1.13. The summed E-state index contributed by atoms with van der Waals surface area (Å²) < 4.78 is 1.43. The highest BCUT2D eigenvalue weighted by molar-refractivity contribution is 6.32. The highest BCUT2D eigenvalue weighted by atomic mass is 35.5. The van der Waals surface area contributed by atoms with E-state index in [1.807, 2.05) is 24.3 Å². The Kier molecular flexibility index (Phi) is 2.90. The number of benzene rings is 1. The van der Waals surface area contributed by atoms with Crippen molar-refractivity contribution in [1.29, 1.82) is 0 Å². The number of nitrogens with zero attached hydrogens (tertiary/aromatic N) is 3. The van der Waals surface area contributed by atoms with Crippen molar-refractivity contribution in [2.75, 3.05) is 5.73 Å². The second kappa shape index (κ2) is 4.81. The fraction of sp³-hybridized carbons (Fsp3) is 0.188. The Morgan fingerprint density at radius 2 is 1.91 bits per heavy atom. The van der Waals surface area contributed by atoms with Crippen LogP contribution in [0.3, 0.4) is 0 Å². The second-order valence-electron chi connectivity index (χ2n) is 5.45. The lowest BCUT2D eigenvalue weighted by Crippen LogP contribution is -2.24. The minimum absolute atomic E-state index is 0.193. The van der Waals surface area contributed by atoms with Gasteiger partial charge >= 0.3 is 5.69 Å². The molecule has 0 amide bonds. The van der Waals surface area contributed by atoms with E-state index in [2.05, 4.69) is 9.97 Å². The van der Waals surface area contributed by atoms with Crippen LogP contribution in [-0.2, 0) is 0 Å². The molecule has 2 aromatic heterocycles. The molecule has 0 unspecified atom stereocenters. The summed E-state index contributed by atoms with van der Waals surface area (Å²) in [6.45, 7) is 0. The number of hydrogen-bond acceptors (Lipinski definition) is 4. The Morgan fingerprint density at radius 3 is 2.64 bits per heavy atom. The summed E-state index contributed by atoms with van der Waals surface area (Å²) >= 11 is 6.24. The number of fused-ring (bicyclic) bond motifs is 1. The zero-order valence-corrected chi connectivity index (χ0v) is 12.4. The van der Waals surface area contributed by atoms with Gasteiger partial charge in [0.05, 0.1) is 16.1 Å². The van der Waals surface area contributed by atoms with E-state index in [0.717, 1.165) is 18.5 Å². The number of para-hydroxylation sites is 1.